The fraction of sp³-hybridized carbons (Fsp3) is 0.214. The molecule has 0 spiro atoms. The van der Waals surface area contributed by atoms with Gasteiger partial charge >= 0.3 is 5.97 Å². The maximum Gasteiger partial charge on any atom is 0.343 e. The predicted octanol–water partition coefficient (Wildman–Crippen LogP) is 2.05. The minimum Gasteiger partial charge on any atom is -0.508 e. The number of anilines is 1. The molecule has 0 aliphatic carbocycles. The van der Waals surface area contributed by atoms with Gasteiger partial charge < -0.3 is 9.84 Å². The molecule has 7 nitrogen and oxygen atoms in total. The van der Waals surface area contributed by atoms with Gasteiger partial charge in [-0.05, 0) is 31.5 Å². The highest BCUT2D eigenvalue weighted by Crippen LogP contribution is 2.17. The van der Waals surface area contributed by atoms with Gasteiger partial charge in [0.05, 0.1) is 12.8 Å². The van der Waals surface area contributed by atoms with Crippen LogP contribution in [-0.4, -0.2) is 34.1 Å². The number of benzene rings is 1. The van der Waals surface area contributed by atoms with Crippen molar-refractivity contribution in [2.24, 2.45) is 5.10 Å². The molecule has 1 heterocycles. The molecule has 0 bridgehead atoms. The number of phenolic OH excluding ortho intramolecular Hbond substituents is 1. The predicted molar refractivity (Wildman–Crippen MR) is 78.6 cm³/mol. The monoisotopic (exact) mass is 288 g/mol. The van der Waals surface area contributed by atoms with Crippen molar-refractivity contribution in [3.8, 4) is 5.75 Å². The number of aryl methyl sites for hydroxylation is 1. The first-order valence-electron chi connectivity index (χ1n) is 6.42. The molecule has 3 N–H and O–H groups in total. The summed E-state index contributed by atoms with van der Waals surface area (Å²) < 4.78 is 4.96. The van der Waals surface area contributed by atoms with Crippen molar-refractivity contribution in [2.45, 2.75) is 13.8 Å². The average Bonchev–Trinajstić information content (AvgIpc) is 2.80. The third kappa shape index (κ3) is 3.59. The zero-order valence-corrected chi connectivity index (χ0v) is 11.8. The summed E-state index contributed by atoms with van der Waals surface area (Å²) in [4.78, 5) is 11.8. The number of rotatable bonds is 5. The molecule has 0 radical (unpaired) electrons. The number of carbonyl (C=O) groups is 1. The Morgan fingerprint density at radius 3 is 3.10 bits per heavy atom. The van der Waals surface area contributed by atoms with E-state index in [0.29, 0.717) is 22.6 Å². The van der Waals surface area contributed by atoms with E-state index in [1.54, 1.807) is 38.1 Å². The molecule has 110 valence electrons. The number of esters is 1. The van der Waals surface area contributed by atoms with Crippen LogP contribution in [0.4, 0.5) is 5.82 Å². The molecule has 0 saturated heterocycles. The van der Waals surface area contributed by atoms with Gasteiger partial charge in [0, 0.05) is 5.69 Å². The molecule has 7 heteroatoms. The van der Waals surface area contributed by atoms with E-state index in [9.17, 15) is 9.90 Å². The van der Waals surface area contributed by atoms with Gasteiger partial charge in [-0.1, -0.05) is 12.1 Å². The van der Waals surface area contributed by atoms with Crippen molar-refractivity contribution in [1.82, 2.24) is 10.2 Å². The Morgan fingerprint density at radius 1 is 1.57 bits per heavy atom. The molecule has 2 rings (SSSR count). The number of nitrogens with zero attached hydrogens (tertiary/aromatic N) is 2. The summed E-state index contributed by atoms with van der Waals surface area (Å²) in [6.45, 7) is 3.75. The van der Waals surface area contributed by atoms with Gasteiger partial charge in [-0.2, -0.15) is 10.2 Å². The minimum atomic E-state index is -0.459. The molecule has 1 aromatic carbocycles. The normalized spacial score (nSPS) is 10.8. The van der Waals surface area contributed by atoms with Crippen LogP contribution < -0.4 is 5.43 Å². The fourth-order valence-electron chi connectivity index (χ4n) is 1.74. The second-order valence-electron chi connectivity index (χ2n) is 4.26. The SMILES string of the molecule is CCOC(=O)c1c(NN=Cc2cccc(O)c2)n[nH]c1C. The smallest absolute Gasteiger partial charge is 0.343 e. The summed E-state index contributed by atoms with van der Waals surface area (Å²) in [5, 5.41) is 20.0. The van der Waals surface area contributed by atoms with Crippen LogP contribution in [0.3, 0.4) is 0 Å². The van der Waals surface area contributed by atoms with Crippen LogP contribution in [0, 0.1) is 6.92 Å². The van der Waals surface area contributed by atoms with Gasteiger partial charge in [-0.3, -0.25) is 10.5 Å². The standard InChI is InChI=1S/C14H16N4O3/c1-3-21-14(20)12-9(2)16-18-13(12)17-15-8-10-5-4-6-11(19)7-10/h4-8,19H,3H2,1-2H3,(H2,16,17,18). The molecule has 0 unspecified atom stereocenters. The van der Waals surface area contributed by atoms with Gasteiger partial charge in [-0.15, -0.1) is 0 Å². The van der Waals surface area contributed by atoms with Crippen LogP contribution in [0.1, 0.15) is 28.5 Å². The first-order chi connectivity index (χ1) is 10.1. The van der Waals surface area contributed by atoms with E-state index >= 15 is 0 Å². The van der Waals surface area contributed by atoms with E-state index in [4.69, 9.17) is 4.74 Å². The third-order valence-corrected chi connectivity index (χ3v) is 2.68. The zero-order chi connectivity index (χ0) is 15.2. The molecule has 0 amide bonds. The number of hydrogen-bond acceptors (Lipinski definition) is 6. The van der Waals surface area contributed by atoms with Crippen LogP contribution in [0.5, 0.6) is 5.75 Å². The molecular weight excluding hydrogens is 272 g/mol. The lowest BCUT2D eigenvalue weighted by Crippen LogP contribution is -2.08. The summed E-state index contributed by atoms with van der Waals surface area (Å²) in [6, 6.07) is 6.63. The van der Waals surface area contributed by atoms with Crippen molar-refractivity contribution >= 4 is 18.0 Å². The third-order valence-electron chi connectivity index (χ3n) is 2.68. The molecule has 0 saturated carbocycles. The van der Waals surface area contributed by atoms with Crippen molar-refractivity contribution in [1.29, 1.82) is 0 Å². The highest BCUT2D eigenvalue weighted by atomic mass is 16.5. The van der Waals surface area contributed by atoms with Crippen LogP contribution in [-0.2, 0) is 4.74 Å². The van der Waals surface area contributed by atoms with Gasteiger partial charge in [0.15, 0.2) is 5.82 Å². The van der Waals surface area contributed by atoms with Crippen LogP contribution >= 0.6 is 0 Å². The lowest BCUT2D eigenvalue weighted by Gasteiger charge is -2.02. The maximum absolute atomic E-state index is 11.8. The number of aromatic amines is 1. The van der Waals surface area contributed by atoms with Gasteiger partial charge in [0.1, 0.15) is 11.3 Å². The Labute approximate surface area is 121 Å². The molecule has 0 atom stereocenters. The Balaban J connectivity index is 2.12. The van der Waals surface area contributed by atoms with Crippen molar-refractivity contribution in [3.05, 3.63) is 41.1 Å². The molecule has 0 fully saturated rings. The summed E-state index contributed by atoms with van der Waals surface area (Å²) in [5.41, 5.74) is 4.33. The number of carbonyl (C=O) groups excluding carboxylic acids is 1. The molecular formula is C14H16N4O3. The van der Waals surface area contributed by atoms with Crippen LogP contribution in [0.15, 0.2) is 29.4 Å². The second kappa shape index (κ2) is 6.56. The van der Waals surface area contributed by atoms with E-state index in [0.717, 1.165) is 0 Å². The number of ether oxygens (including phenoxy) is 1. The second-order valence-corrected chi connectivity index (χ2v) is 4.26. The fourth-order valence-corrected chi connectivity index (χ4v) is 1.74. The number of H-pyrrole nitrogens is 1. The molecule has 1 aromatic heterocycles. The summed E-state index contributed by atoms with van der Waals surface area (Å²) in [5.74, 6) is -0.0112. The Hall–Kier alpha value is -2.83. The largest absolute Gasteiger partial charge is 0.508 e. The molecule has 21 heavy (non-hydrogen) atoms. The summed E-state index contributed by atoms with van der Waals surface area (Å²) in [7, 11) is 0. The van der Waals surface area contributed by atoms with E-state index in [1.165, 1.54) is 6.21 Å². The number of nitrogens with one attached hydrogen (secondary N) is 2. The van der Waals surface area contributed by atoms with E-state index in [2.05, 4.69) is 20.7 Å². The number of aromatic nitrogens is 2. The number of aromatic hydroxyl groups is 1. The first kappa shape index (κ1) is 14.6. The molecule has 0 aliphatic rings. The number of hydrazone groups is 1. The maximum atomic E-state index is 11.8. The van der Waals surface area contributed by atoms with Crippen LogP contribution in [0.2, 0.25) is 0 Å². The number of hydrogen-bond donors (Lipinski definition) is 3. The number of phenols is 1. The van der Waals surface area contributed by atoms with Gasteiger partial charge in [0.2, 0.25) is 0 Å². The van der Waals surface area contributed by atoms with E-state index in [-0.39, 0.29) is 12.4 Å². The quantitative estimate of drug-likeness (QED) is 0.444. The van der Waals surface area contributed by atoms with Crippen molar-refractivity contribution < 1.29 is 14.6 Å². The Bertz CT molecular complexity index is 664. The van der Waals surface area contributed by atoms with Crippen LogP contribution in [0.25, 0.3) is 0 Å². The Kier molecular flexibility index (Phi) is 4.55. The molecule has 2 aromatic rings. The lowest BCUT2D eigenvalue weighted by atomic mass is 10.2. The zero-order valence-electron chi connectivity index (χ0n) is 11.8. The highest BCUT2D eigenvalue weighted by Gasteiger charge is 2.18. The van der Waals surface area contributed by atoms with Crippen molar-refractivity contribution in [2.75, 3.05) is 12.0 Å². The minimum absolute atomic E-state index is 0.154. The van der Waals surface area contributed by atoms with Gasteiger partial charge in [-0.25, -0.2) is 4.79 Å². The lowest BCUT2D eigenvalue weighted by molar-refractivity contribution is 0.0526. The van der Waals surface area contributed by atoms with Crippen molar-refractivity contribution in [3.63, 3.8) is 0 Å². The highest BCUT2D eigenvalue weighted by molar-refractivity contribution is 5.96. The average molecular weight is 288 g/mol. The Morgan fingerprint density at radius 2 is 2.38 bits per heavy atom. The van der Waals surface area contributed by atoms with Gasteiger partial charge in [0.25, 0.3) is 0 Å². The first-order valence-corrected chi connectivity index (χ1v) is 6.42. The van der Waals surface area contributed by atoms with E-state index in [1.807, 2.05) is 0 Å². The summed E-state index contributed by atoms with van der Waals surface area (Å²) in [6.07, 6.45) is 1.51. The molecule has 0 aliphatic heterocycles. The topological polar surface area (TPSA) is 99.6 Å². The van der Waals surface area contributed by atoms with E-state index < -0.39 is 5.97 Å². The summed E-state index contributed by atoms with van der Waals surface area (Å²) >= 11 is 0.